The van der Waals surface area contributed by atoms with Crippen molar-refractivity contribution in [3.05, 3.63) is 0 Å². The summed E-state index contributed by atoms with van der Waals surface area (Å²) < 4.78 is 0. The molecule has 98 valence electrons. The number of nitrogens with one attached hydrogen (secondary N) is 1. The minimum absolute atomic E-state index is 0.288. The zero-order valence-electron chi connectivity index (χ0n) is 10.4. The molecule has 0 aliphatic carbocycles. The molecule has 5 nitrogen and oxygen atoms in total. The van der Waals surface area contributed by atoms with Gasteiger partial charge in [0, 0.05) is 13.5 Å². The maximum atomic E-state index is 11.0. The number of rotatable bonds is 4. The Morgan fingerprint density at radius 3 is 2.18 bits per heavy atom. The van der Waals surface area contributed by atoms with E-state index in [-0.39, 0.29) is 5.91 Å². The van der Waals surface area contributed by atoms with Crippen LogP contribution in [0.2, 0.25) is 0 Å². The van der Waals surface area contributed by atoms with Gasteiger partial charge in [-0.1, -0.05) is 19.3 Å². The third-order valence-corrected chi connectivity index (χ3v) is 3.07. The van der Waals surface area contributed by atoms with E-state index in [0.29, 0.717) is 6.54 Å². The van der Waals surface area contributed by atoms with Crippen molar-refractivity contribution in [2.24, 2.45) is 0 Å². The van der Waals surface area contributed by atoms with Crippen LogP contribution in [0.1, 0.15) is 39.0 Å². The average molecular weight is 242 g/mol. The molecule has 0 saturated carbocycles. The Bertz CT molecular complexity index is 260. The fourth-order valence-electron chi connectivity index (χ4n) is 2.18. The molecule has 1 fully saturated rings. The molecule has 2 N–H and O–H groups in total. The Kier molecular flexibility index (Phi) is 5.97. The van der Waals surface area contributed by atoms with Crippen LogP contribution in [0.4, 0.5) is 0 Å². The van der Waals surface area contributed by atoms with Gasteiger partial charge in [0.1, 0.15) is 6.04 Å². The molecule has 0 spiro atoms. The zero-order chi connectivity index (χ0) is 12.7. The molecule has 0 aromatic heterocycles. The molecule has 0 aromatic rings. The molecular weight excluding hydrogens is 220 g/mol. The number of likely N-dealkylation sites (tertiary alicyclic amines) is 1. The van der Waals surface area contributed by atoms with Crippen molar-refractivity contribution in [2.45, 2.75) is 45.1 Å². The Balaban J connectivity index is 2.45. The number of nitrogens with zero attached hydrogens (tertiary/aromatic N) is 1. The molecule has 1 saturated heterocycles. The lowest BCUT2D eigenvalue weighted by molar-refractivity contribution is -0.142. The summed E-state index contributed by atoms with van der Waals surface area (Å²) in [6, 6.07) is -0.785. The summed E-state index contributed by atoms with van der Waals surface area (Å²) >= 11 is 0. The van der Waals surface area contributed by atoms with Gasteiger partial charge in [0.2, 0.25) is 5.91 Å². The van der Waals surface area contributed by atoms with Gasteiger partial charge < -0.3 is 15.3 Å². The van der Waals surface area contributed by atoms with Crippen molar-refractivity contribution in [2.75, 3.05) is 19.6 Å². The quantitative estimate of drug-likeness (QED) is 0.766. The van der Waals surface area contributed by atoms with Gasteiger partial charge in [-0.25, -0.2) is 4.79 Å². The summed E-state index contributed by atoms with van der Waals surface area (Å²) in [5.41, 5.74) is 0. The zero-order valence-corrected chi connectivity index (χ0v) is 10.4. The van der Waals surface area contributed by atoms with Crippen molar-refractivity contribution in [3.63, 3.8) is 0 Å². The van der Waals surface area contributed by atoms with E-state index >= 15 is 0 Å². The second-order valence-electron chi connectivity index (χ2n) is 4.66. The number of hydrogen-bond acceptors (Lipinski definition) is 3. The van der Waals surface area contributed by atoms with E-state index in [2.05, 4.69) is 10.2 Å². The van der Waals surface area contributed by atoms with Crippen molar-refractivity contribution < 1.29 is 14.7 Å². The molecule has 1 unspecified atom stereocenters. The van der Waals surface area contributed by atoms with Gasteiger partial charge in [0.25, 0.3) is 0 Å². The lowest BCUT2D eigenvalue weighted by Gasteiger charge is -2.27. The fraction of sp³-hybridized carbons (Fsp3) is 0.833. The summed E-state index contributed by atoms with van der Waals surface area (Å²) in [5, 5.41) is 11.5. The summed E-state index contributed by atoms with van der Waals surface area (Å²) in [4.78, 5) is 24.1. The third kappa shape index (κ3) is 5.68. The van der Waals surface area contributed by atoms with Crippen molar-refractivity contribution in [3.8, 4) is 0 Å². The van der Waals surface area contributed by atoms with Crippen LogP contribution in [-0.2, 0) is 9.59 Å². The summed E-state index contributed by atoms with van der Waals surface area (Å²) in [6.45, 7) is 3.63. The van der Waals surface area contributed by atoms with Crippen LogP contribution >= 0.6 is 0 Å². The maximum Gasteiger partial charge on any atom is 0.327 e. The largest absolute Gasteiger partial charge is 0.480 e. The molecule has 0 aromatic carbocycles. The first-order valence-electron chi connectivity index (χ1n) is 6.32. The predicted octanol–water partition coefficient (Wildman–Crippen LogP) is 0.842. The van der Waals surface area contributed by atoms with Crippen LogP contribution in [0.3, 0.4) is 0 Å². The fourth-order valence-corrected chi connectivity index (χ4v) is 2.18. The van der Waals surface area contributed by atoms with E-state index < -0.39 is 12.0 Å². The summed E-state index contributed by atoms with van der Waals surface area (Å²) in [6.07, 6.45) is 5.95. The molecule has 1 atom stereocenters. The molecule has 0 radical (unpaired) electrons. The van der Waals surface area contributed by atoms with Gasteiger partial charge in [-0.2, -0.15) is 0 Å². The highest BCUT2D eigenvalue weighted by Crippen LogP contribution is 2.10. The Hall–Kier alpha value is -1.10. The SMILES string of the molecule is CC(=O)NC(CN1CCCCCCC1)C(=O)O. The molecule has 17 heavy (non-hydrogen) atoms. The van der Waals surface area contributed by atoms with Crippen LogP contribution < -0.4 is 5.32 Å². The van der Waals surface area contributed by atoms with Crippen molar-refractivity contribution in [1.82, 2.24) is 10.2 Å². The molecule has 1 rings (SSSR count). The lowest BCUT2D eigenvalue weighted by atomic mass is 10.1. The minimum atomic E-state index is -0.956. The van der Waals surface area contributed by atoms with E-state index in [1.54, 1.807) is 0 Å². The molecule has 1 aliphatic heterocycles. The molecule has 1 amide bonds. The number of carbonyl (C=O) groups is 2. The van der Waals surface area contributed by atoms with Gasteiger partial charge in [-0.15, -0.1) is 0 Å². The molecule has 1 heterocycles. The van der Waals surface area contributed by atoms with Gasteiger partial charge >= 0.3 is 5.97 Å². The second kappa shape index (κ2) is 7.27. The van der Waals surface area contributed by atoms with Crippen LogP contribution in [-0.4, -0.2) is 47.6 Å². The Morgan fingerprint density at radius 2 is 1.71 bits per heavy atom. The van der Waals surface area contributed by atoms with E-state index in [1.807, 2.05) is 0 Å². The van der Waals surface area contributed by atoms with Crippen LogP contribution in [0, 0.1) is 0 Å². The van der Waals surface area contributed by atoms with Crippen LogP contribution in [0.5, 0.6) is 0 Å². The number of amides is 1. The highest BCUT2D eigenvalue weighted by atomic mass is 16.4. The topological polar surface area (TPSA) is 69.6 Å². The molecular formula is C12H22N2O3. The lowest BCUT2D eigenvalue weighted by Crippen LogP contribution is -2.48. The number of carbonyl (C=O) groups excluding carboxylic acids is 1. The molecule has 0 bridgehead atoms. The van der Waals surface area contributed by atoms with Gasteiger partial charge in [-0.05, 0) is 25.9 Å². The third-order valence-electron chi connectivity index (χ3n) is 3.07. The first kappa shape index (κ1) is 14.0. The second-order valence-corrected chi connectivity index (χ2v) is 4.66. The van der Waals surface area contributed by atoms with Gasteiger partial charge in [0.05, 0.1) is 0 Å². The Morgan fingerprint density at radius 1 is 1.18 bits per heavy atom. The first-order valence-corrected chi connectivity index (χ1v) is 6.32. The van der Waals surface area contributed by atoms with E-state index in [1.165, 1.54) is 26.2 Å². The van der Waals surface area contributed by atoms with Gasteiger partial charge in [0.15, 0.2) is 0 Å². The smallest absolute Gasteiger partial charge is 0.327 e. The molecule has 5 heteroatoms. The monoisotopic (exact) mass is 242 g/mol. The minimum Gasteiger partial charge on any atom is -0.480 e. The van der Waals surface area contributed by atoms with E-state index in [0.717, 1.165) is 25.9 Å². The summed E-state index contributed by atoms with van der Waals surface area (Å²) in [7, 11) is 0. The number of carboxylic acids is 1. The maximum absolute atomic E-state index is 11.0. The number of aliphatic carboxylic acids is 1. The van der Waals surface area contributed by atoms with Crippen molar-refractivity contribution in [1.29, 1.82) is 0 Å². The normalized spacial score (nSPS) is 20.1. The van der Waals surface area contributed by atoms with E-state index in [4.69, 9.17) is 5.11 Å². The highest BCUT2D eigenvalue weighted by Gasteiger charge is 2.21. The summed E-state index contributed by atoms with van der Waals surface area (Å²) in [5.74, 6) is -1.24. The predicted molar refractivity (Wildman–Crippen MR) is 64.8 cm³/mol. The Labute approximate surface area is 102 Å². The van der Waals surface area contributed by atoms with E-state index in [9.17, 15) is 9.59 Å². The standard InChI is InChI=1S/C12H22N2O3/c1-10(15)13-11(12(16)17)9-14-7-5-3-2-4-6-8-14/h11H,2-9H2,1H3,(H,13,15)(H,16,17). The number of carboxylic acid groups (broad SMARTS) is 1. The number of hydrogen-bond donors (Lipinski definition) is 2. The van der Waals surface area contributed by atoms with Gasteiger partial charge in [-0.3, -0.25) is 4.79 Å². The average Bonchev–Trinajstić information content (AvgIpc) is 2.19. The van der Waals surface area contributed by atoms with Crippen molar-refractivity contribution >= 4 is 11.9 Å². The van der Waals surface area contributed by atoms with Crippen LogP contribution in [0.15, 0.2) is 0 Å². The molecule has 1 aliphatic rings. The first-order chi connectivity index (χ1) is 8.09. The highest BCUT2D eigenvalue weighted by molar-refractivity contribution is 5.82. The van der Waals surface area contributed by atoms with Crippen LogP contribution in [0.25, 0.3) is 0 Å².